The van der Waals surface area contributed by atoms with Crippen LogP contribution in [0.2, 0.25) is 0 Å². The Kier molecular flexibility index (Phi) is 4.59. The number of Topliss-reactive ketones (excluding diaryl/α,β-unsaturated/α-hetero) is 2. The summed E-state index contributed by atoms with van der Waals surface area (Å²) in [7, 11) is 0. The lowest BCUT2D eigenvalue weighted by molar-refractivity contribution is -0.151. The SMILES string of the molecule is CC1(C)CC(=O)C2(Cc3ccccc3N3CCN(Cc4ccccc4)C[C@H]32)C(=O)C1. The first-order chi connectivity index (χ1) is 14.4. The second kappa shape index (κ2) is 7.05. The molecular formula is C26H30N2O2. The second-order valence-electron chi connectivity index (χ2n) is 10.1. The summed E-state index contributed by atoms with van der Waals surface area (Å²) in [5, 5.41) is 0. The van der Waals surface area contributed by atoms with E-state index in [0.717, 1.165) is 31.7 Å². The van der Waals surface area contributed by atoms with Gasteiger partial charge in [-0.25, -0.2) is 0 Å². The molecule has 3 aliphatic rings. The number of hydrogen-bond acceptors (Lipinski definition) is 4. The molecule has 1 aliphatic carbocycles. The third kappa shape index (κ3) is 3.09. The van der Waals surface area contributed by atoms with Crippen LogP contribution in [-0.4, -0.2) is 42.1 Å². The van der Waals surface area contributed by atoms with Crippen LogP contribution < -0.4 is 4.90 Å². The Hall–Kier alpha value is -2.46. The minimum Gasteiger partial charge on any atom is -0.364 e. The molecule has 0 bridgehead atoms. The fraction of sp³-hybridized carbons (Fsp3) is 0.462. The third-order valence-corrected chi connectivity index (χ3v) is 7.33. The van der Waals surface area contributed by atoms with Gasteiger partial charge in [-0.05, 0) is 29.0 Å². The molecular weight excluding hydrogens is 372 g/mol. The Balaban J connectivity index is 1.53. The van der Waals surface area contributed by atoms with E-state index in [9.17, 15) is 9.59 Å². The maximum Gasteiger partial charge on any atom is 0.149 e. The lowest BCUT2D eigenvalue weighted by Crippen LogP contribution is -2.69. The number of carbonyl (C=O) groups excluding carboxylic acids is 2. The zero-order chi connectivity index (χ0) is 20.9. The van der Waals surface area contributed by atoms with E-state index in [0.29, 0.717) is 19.3 Å². The number of hydrogen-bond donors (Lipinski definition) is 0. The Morgan fingerprint density at radius 3 is 2.27 bits per heavy atom. The van der Waals surface area contributed by atoms with Gasteiger partial charge >= 0.3 is 0 Å². The maximum absolute atomic E-state index is 13.7. The van der Waals surface area contributed by atoms with E-state index in [1.165, 1.54) is 11.3 Å². The minimum absolute atomic E-state index is 0.0824. The molecule has 0 amide bonds. The van der Waals surface area contributed by atoms with Crippen molar-refractivity contribution in [2.24, 2.45) is 10.8 Å². The van der Waals surface area contributed by atoms with E-state index in [-0.39, 0.29) is 23.0 Å². The van der Waals surface area contributed by atoms with E-state index in [2.05, 4.69) is 52.3 Å². The fourth-order valence-corrected chi connectivity index (χ4v) is 5.87. The first-order valence-electron chi connectivity index (χ1n) is 11.1. The highest BCUT2D eigenvalue weighted by Gasteiger charge is 2.60. The Morgan fingerprint density at radius 1 is 0.867 bits per heavy atom. The number of nitrogens with zero attached hydrogens (tertiary/aromatic N) is 2. The highest BCUT2D eigenvalue weighted by atomic mass is 16.2. The van der Waals surface area contributed by atoms with Gasteiger partial charge in [0.15, 0.2) is 0 Å². The molecule has 0 N–H and O–H groups in total. The number of benzene rings is 2. The van der Waals surface area contributed by atoms with Crippen molar-refractivity contribution in [3.8, 4) is 0 Å². The Morgan fingerprint density at radius 2 is 1.53 bits per heavy atom. The van der Waals surface area contributed by atoms with Crippen molar-refractivity contribution < 1.29 is 9.59 Å². The number of piperazine rings is 1. The zero-order valence-electron chi connectivity index (χ0n) is 17.9. The van der Waals surface area contributed by atoms with Crippen molar-refractivity contribution >= 4 is 17.3 Å². The monoisotopic (exact) mass is 402 g/mol. The number of anilines is 1. The summed E-state index contributed by atoms with van der Waals surface area (Å²) in [4.78, 5) is 32.1. The van der Waals surface area contributed by atoms with Crippen LogP contribution in [0.25, 0.3) is 0 Å². The van der Waals surface area contributed by atoms with Crippen molar-refractivity contribution in [3.63, 3.8) is 0 Å². The number of carbonyl (C=O) groups is 2. The zero-order valence-corrected chi connectivity index (χ0v) is 17.9. The predicted octanol–water partition coefficient (Wildman–Crippen LogP) is 3.88. The van der Waals surface area contributed by atoms with Crippen molar-refractivity contribution in [2.75, 3.05) is 24.5 Å². The van der Waals surface area contributed by atoms with Gasteiger partial charge in [0.2, 0.25) is 0 Å². The fourth-order valence-electron chi connectivity index (χ4n) is 5.87. The van der Waals surface area contributed by atoms with Gasteiger partial charge in [-0.15, -0.1) is 0 Å². The largest absolute Gasteiger partial charge is 0.364 e. The summed E-state index contributed by atoms with van der Waals surface area (Å²) in [5.74, 6) is 0.296. The number of fused-ring (bicyclic) bond motifs is 4. The molecule has 2 aromatic carbocycles. The highest BCUT2D eigenvalue weighted by molar-refractivity contribution is 6.11. The summed E-state index contributed by atoms with van der Waals surface area (Å²) < 4.78 is 0. The number of ketones is 2. The van der Waals surface area contributed by atoms with Crippen LogP contribution in [0.4, 0.5) is 5.69 Å². The van der Waals surface area contributed by atoms with E-state index in [4.69, 9.17) is 0 Å². The molecule has 1 saturated heterocycles. The van der Waals surface area contributed by atoms with Crippen LogP contribution in [0.15, 0.2) is 54.6 Å². The summed E-state index contributed by atoms with van der Waals surface area (Å²) in [5.41, 5.74) is 2.49. The van der Waals surface area contributed by atoms with Gasteiger partial charge in [-0.1, -0.05) is 62.4 Å². The Bertz CT molecular complexity index is 962. The van der Waals surface area contributed by atoms with Crippen LogP contribution in [-0.2, 0) is 22.6 Å². The normalized spacial score (nSPS) is 25.1. The van der Waals surface area contributed by atoms with E-state index in [1.807, 2.05) is 26.0 Å². The lowest BCUT2D eigenvalue weighted by atomic mass is 9.56. The van der Waals surface area contributed by atoms with Gasteiger partial charge < -0.3 is 4.90 Å². The van der Waals surface area contributed by atoms with E-state index >= 15 is 0 Å². The predicted molar refractivity (Wildman–Crippen MR) is 118 cm³/mol. The van der Waals surface area contributed by atoms with Crippen LogP contribution in [0.3, 0.4) is 0 Å². The summed E-state index contributed by atoms with van der Waals surface area (Å²) in [6, 6.07) is 18.7. The summed E-state index contributed by atoms with van der Waals surface area (Å²) >= 11 is 0. The second-order valence-corrected chi connectivity index (χ2v) is 10.1. The number of rotatable bonds is 2. The molecule has 156 valence electrons. The molecule has 2 fully saturated rings. The van der Waals surface area contributed by atoms with Crippen LogP contribution >= 0.6 is 0 Å². The van der Waals surface area contributed by atoms with Gasteiger partial charge in [0.05, 0.1) is 6.04 Å². The van der Waals surface area contributed by atoms with Crippen LogP contribution in [0.1, 0.15) is 37.8 Å². The number of para-hydroxylation sites is 1. The van der Waals surface area contributed by atoms with Crippen molar-refractivity contribution in [3.05, 3.63) is 65.7 Å². The maximum atomic E-state index is 13.7. The van der Waals surface area contributed by atoms with Crippen LogP contribution in [0.5, 0.6) is 0 Å². The van der Waals surface area contributed by atoms with Gasteiger partial charge in [-0.3, -0.25) is 14.5 Å². The Labute approximate surface area is 178 Å². The molecule has 1 atom stereocenters. The van der Waals surface area contributed by atoms with Crippen molar-refractivity contribution in [2.45, 2.75) is 45.7 Å². The van der Waals surface area contributed by atoms with Crippen molar-refractivity contribution in [1.82, 2.24) is 4.90 Å². The average Bonchev–Trinajstić information content (AvgIpc) is 2.72. The molecule has 30 heavy (non-hydrogen) atoms. The highest BCUT2D eigenvalue weighted by Crippen LogP contribution is 2.50. The third-order valence-electron chi connectivity index (χ3n) is 7.33. The molecule has 4 heteroatoms. The van der Waals surface area contributed by atoms with Crippen molar-refractivity contribution in [1.29, 1.82) is 0 Å². The van der Waals surface area contributed by atoms with Gasteiger partial charge in [0, 0.05) is 44.7 Å². The van der Waals surface area contributed by atoms with E-state index in [1.54, 1.807) is 0 Å². The topological polar surface area (TPSA) is 40.6 Å². The smallest absolute Gasteiger partial charge is 0.149 e. The summed E-state index contributed by atoms with van der Waals surface area (Å²) in [6.45, 7) is 7.49. The van der Waals surface area contributed by atoms with Gasteiger partial charge in [0.1, 0.15) is 17.0 Å². The lowest BCUT2D eigenvalue weighted by Gasteiger charge is -2.56. The van der Waals surface area contributed by atoms with Gasteiger partial charge in [0.25, 0.3) is 0 Å². The standard InChI is InChI=1S/C26H30N2O2/c1-25(2)15-23(29)26(24(30)16-25)14-20-10-6-7-11-21(20)28-13-12-27(18-22(26)28)17-19-8-4-3-5-9-19/h3-11,22H,12-18H2,1-2H3/t22-/m0/s1. The molecule has 1 saturated carbocycles. The molecule has 4 nitrogen and oxygen atoms in total. The molecule has 2 heterocycles. The molecule has 1 spiro atoms. The molecule has 0 aromatic heterocycles. The van der Waals surface area contributed by atoms with Gasteiger partial charge in [-0.2, -0.15) is 0 Å². The molecule has 0 radical (unpaired) electrons. The quantitative estimate of drug-likeness (QED) is 0.715. The molecule has 5 rings (SSSR count). The van der Waals surface area contributed by atoms with E-state index < -0.39 is 5.41 Å². The molecule has 0 unspecified atom stereocenters. The average molecular weight is 403 g/mol. The minimum atomic E-state index is -0.904. The summed E-state index contributed by atoms with van der Waals surface area (Å²) in [6.07, 6.45) is 1.53. The molecule has 2 aliphatic heterocycles. The molecule has 2 aromatic rings. The first kappa shape index (κ1) is 19.5. The first-order valence-corrected chi connectivity index (χ1v) is 11.1. The van der Waals surface area contributed by atoms with Crippen LogP contribution in [0, 0.1) is 10.8 Å².